The molecular weight excluding hydrogens is 270 g/mol. The molecule has 3 rings (SSSR count). The first-order valence-corrected chi connectivity index (χ1v) is 8.05. The van der Waals surface area contributed by atoms with E-state index < -0.39 is 0 Å². The van der Waals surface area contributed by atoms with Crippen LogP contribution in [0.1, 0.15) is 24.6 Å². The Morgan fingerprint density at radius 3 is 2.85 bits per heavy atom. The van der Waals surface area contributed by atoms with Crippen LogP contribution in [0.4, 0.5) is 5.95 Å². The van der Waals surface area contributed by atoms with Crippen molar-refractivity contribution in [3.05, 3.63) is 17.0 Å². The monoisotopic (exact) mass is 291 g/mol. The number of anilines is 1. The van der Waals surface area contributed by atoms with Crippen molar-refractivity contribution in [1.29, 1.82) is 0 Å². The predicted octanol–water partition coefficient (Wildman–Crippen LogP) is 2.28. The van der Waals surface area contributed by atoms with Crippen molar-refractivity contribution in [3.8, 4) is 10.7 Å². The van der Waals surface area contributed by atoms with Crippen LogP contribution in [0.25, 0.3) is 10.7 Å². The molecule has 2 N–H and O–H groups in total. The van der Waals surface area contributed by atoms with Crippen molar-refractivity contribution in [2.75, 3.05) is 25.0 Å². The van der Waals surface area contributed by atoms with Gasteiger partial charge in [-0.1, -0.05) is 6.92 Å². The SMILES string of the molecule is CCc1ccc(-c2nc(N3CCC(NC)CC3)n[nH]2)s1. The molecule has 1 aliphatic heterocycles. The standard InChI is InChI=1S/C14H21N5S/c1-3-11-4-5-12(20-11)13-16-14(18-17-13)19-8-6-10(15-2)7-9-19/h4-5,10,15H,3,6-9H2,1-2H3,(H,16,17,18). The Morgan fingerprint density at radius 1 is 1.40 bits per heavy atom. The zero-order valence-electron chi connectivity index (χ0n) is 12.0. The van der Waals surface area contributed by atoms with E-state index in [1.165, 1.54) is 9.75 Å². The van der Waals surface area contributed by atoms with Gasteiger partial charge in [0.05, 0.1) is 4.88 Å². The van der Waals surface area contributed by atoms with Gasteiger partial charge < -0.3 is 10.2 Å². The second kappa shape index (κ2) is 5.93. The number of aryl methyl sites for hydroxylation is 1. The third kappa shape index (κ3) is 2.71. The number of H-pyrrole nitrogens is 1. The Balaban J connectivity index is 1.70. The summed E-state index contributed by atoms with van der Waals surface area (Å²) < 4.78 is 0. The number of aromatic nitrogens is 3. The average molecular weight is 291 g/mol. The molecule has 3 heterocycles. The van der Waals surface area contributed by atoms with E-state index in [1.54, 1.807) is 11.3 Å². The topological polar surface area (TPSA) is 56.8 Å². The third-order valence-corrected chi connectivity index (χ3v) is 5.14. The summed E-state index contributed by atoms with van der Waals surface area (Å²) in [5, 5.41) is 10.8. The Kier molecular flexibility index (Phi) is 4.03. The lowest BCUT2D eigenvalue weighted by Gasteiger charge is -2.30. The van der Waals surface area contributed by atoms with E-state index in [0.29, 0.717) is 6.04 Å². The van der Waals surface area contributed by atoms with Crippen LogP contribution >= 0.6 is 11.3 Å². The van der Waals surface area contributed by atoms with Gasteiger partial charge in [0, 0.05) is 24.0 Å². The normalized spacial score (nSPS) is 16.8. The maximum absolute atomic E-state index is 4.65. The van der Waals surface area contributed by atoms with Gasteiger partial charge in [0.15, 0.2) is 5.82 Å². The van der Waals surface area contributed by atoms with Crippen LogP contribution in [0.2, 0.25) is 0 Å². The largest absolute Gasteiger partial charge is 0.339 e. The number of nitrogens with zero attached hydrogens (tertiary/aromatic N) is 3. The molecule has 1 saturated heterocycles. The van der Waals surface area contributed by atoms with Crippen molar-refractivity contribution in [1.82, 2.24) is 20.5 Å². The van der Waals surface area contributed by atoms with Gasteiger partial charge in [0.1, 0.15) is 0 Å². The van der Waals surface area contributed by atoms with Gasteiger partial charge in [-0.3, -0.25) is 5.10 Å². The molecule has 1 aliphatic rings. The van der Waals surface area contributed by atoms with E-state index in [9.17, 15) is 0 Å². The van der Waals surface area contributed by atoms with E-state index in [0.717, 1.165) is 44.1 Å². The highest BCUT2D eigenvalue weighted by Crippen LogP contribution is 2.27. The summed E-state index contributed by atoms with van der Waals surface area (Å²) >= 11 is 1.79. The molecule has 1 fully saturated rings. The van der Waals surface area contributed by atoms with Crippen molar-refractivity contribution in [2.45, 2.75) is 32.2 Å². The number of thiophene rings is 1. The molecule has 0 aromatic carbocycles. The van der Waals surface area contributed by atoms with Gasteiger partial charge in [0.2, 0.25) is 5.95 Å². The van der Waals surface area contributed by atoms with E-state index in [-0.39, 0.29) is 0 Å². The van der Waals surface area contributed by atoms with E-state index in [2.05, 4.69) is 44.5 Å². The number of piperidine rings is 1. The molecule has 6 heteroatoms. The van der Waals surface area contributed by atoms with Crippen LogP contribution in [0.3, 0.4) is 0 Å². The maximum Gasteiger partial charge on any atom is 0.245 e. The van der Waals surface area contributed by atoms with Crippen molar-refractivity contribution < 1.29 is 0 Å². The lowest BCUT2D eigenvalue weighted by Crippen LogP contribution is -2.41. The minimum absolute atomic E-state index is 0.633. The van der Waals surface area contributed by atoms with Crippen LogP contribution in [-0.4, -0.2) is 41.4 Å². The molecule has 0 atom stereocenters. The zero-order valence-corrected chi connectivity index (χ0v) is 12.8. The van der Waals surface area contributed by atoms with Crippen molar-refractivity contribution in [3.63, 3.8) is 0 Å². The first-order valence-electron chi connectivity index (χ1n) is 7.24. The van der Waals surface area contributed by atoms with Crippen molar-refractivity contribution >= 4 is 17.3 Å². The summed E-state index contributed by atoms with van der Waals surface area (Å²) in [4.78, 5) is 9.47. The summed E-state index contributed by atoms with van der Waals surface area (Å²) in [5.74, 6) is 1.72. The maximum atomic E-state index is 4.65. The van der Waals surface area contributed by atoms with Crippen LogP contribution in [0, 0.1) is 0 Å². The minimum Gasteiger partial charge on any atom is -0.339 e. The van der Waals surface area contributed by atoms with Crippen LogP contribution in [0.15, 0.2) is 12.1 Å². The smallest absolute Gasteiger partial charge is 0.245 e. The number of rotatable bonds is 4. The third-order valence-electron chi connectivity index (χ3n) is 3.90. The molecule has 0 radical (unpaired) electrons. The summed E-state index contributed by atoms with van der Waals surface area (Å²) in [7, 11) is 2.04. The Labute approximate surface area is 123 Å². The highest BCUT2D eigenvalue weighted by molar-refractivity contribution is 7.15. The van der Waals surface area contributed by atoms with Gasteiger partial charge in [-0.25, -0.2) is 0 Å². The predicted molar refractivity (Wildman–Crippen MR) is 83.4 cm³/mol. The Morgan fingerprint density at radius 2 is 2.20 bits per heavy atom. The first kappa shape index (κ1) is 13.6. The fourth-order valence-corrected chi connectivity index (χ4v) is 3.45. The van der Waals surface area contributed by atoms with Gasteiger partial charge in [-0.05, 0) is 38.4 Å². The molecule has 0 amide bonds. The average Bonchev–Trinajstić information content (AvgIpc) is 3.16. The molecule has 0 unspecified atom stereocenters. The quantitative estimate of drug-likeness (QED) is 0.907. The molecule has 0 aliphatic carbocycles. The van der Waals surface area contributed by atoms with Gasteiger partial charge >= 0.3 is 0 Å². The summed E-state index contributed by atoms with van der Waals surface area (Å²) in [5.41, 5.74) is 0. The molecule has 2 aromatic heterocycles. The lowest BCUT2D eigenvalue weighted by molar-refractivity contribution is 0.439. The van der Waals surface area contributed by atoms with E-state index in [1.807, 2.05) is 7.05 Å². The lowest BCUT2D eigenvalue weighted by atomic mass is 10.1. The summed E-state index contributed by atoms with van der Waals surface area (Å²) in [6.07, 6.45) is 3.38. The second-order valence-corrected chi connectivity index (χ2v) is 6.32. The van der Waals surface area contributed by atoms with E-state index in [4.69, 9.17) is 0 Å². The van der Waals surface area contributed by atoms with Gasteiger partial charge in [-0.2, -0.15) is 4.98 Å². The molecule has 108 valence electrons. The first-order chi connectivity index (χ1) is 9.80. The Hall–Kier alpha value is -1.40. The fraction of sp³-hybridized carbons (Fsp3) is 0.571. The fourth-order valence-electron chi connectivity index (χ4n) is 2.57. The molecule has 20 heavy (non-hydrogen) atoms. The van der Waals surface area contributed by atoms with Gasteiger partial charge in [0.25, 0.3) is 0 Å². The number of hydrogen-bond acceptors (Lipinski definition) is 5. The number of nitrogens with one attached hydrogen (secondary N) is 2. The molecule has 0 saturated carbocycles. The molecule has 5 nitrogen and oxygen atoms in total. The molecule has 2 aromatic rings. The van der Waals surface area contributed by atoms with Crippen LogP contribution in [0.5, 0.6) is 0 Å². The van der Waals surface area contributed by atoms with E-state index >= 15 is 0 Å². The van der Waals surface area contributed by atoms with Crippen molar-refractivity contribution in [2.24, 2.45) is 0 Å². The summed E-state index contributed by atoms with van der Waals surface area (Å²) in [6, 6.07) is 4.93. The Bertz CT molecular complexity index is 553. The molecular formula is C14H21N5S. The number of aromatic amines is 1. The van der Waals surface area contributed by atoms with Crippen LogP contribution < -0.4 is 10.2 Å². The summed E-state index contributed by atoms with van der Waals surface area (Å²) in [6.45, 7) is 4.22. The minimum atomic E-state index is 0.633. The van der Waals surface area contributed by atoms with Gasteiger partial charge in [-0.15, -0.1) is 16.4 Å². The highest BCUT2D eigenvalue weighted by Gasteiger charge is 2.21. The highest BCUT2D eigenvalue weighted by atomic mass is 32.1. The number of hydrogen-bond donors (Lipinski definition) is 2. The molecule has 0 bridgehead atoms. The molecule has 0 spiro atoms. The second-order valence-electron chi connectivity index (χ2n) is 5.15. The zero-order chi connectivity index (χ0) is 13.9. The van der Waals surface area contributed by atoms with Crippen LogP contribution in [-0.2, 0) is 6.42 Å².